The van der Waals surface area contributed by atoms with Gasteiger partial charge in [0.1, 0.15) is 11.9 Å². The largest absolute Gasteiger partial charge is 0.351 e. The molecule has 0 radical (unpaired) electrons. The van der Waals surface area contributed by atoms with Crippen LogP contribution in [0.15, 0.2) is 85.2 Å². The molecule has 0 saturated carbocycles. The highest BCUT2D eigenvalue weighted by atomic mass is 35.5. The maximum Gasteiger partial charge on any atom is 0.174 e. The van der Waals surface area contributed by atoms with Gasteiger partial charge in [0, 0.05) is 34.5 Å². The summed E-state index contributed by atoms with van der Waals surface area (Å²) < 4.78 is 15.8. The molecule has 5 rings (SSSR count). The lowest BCUT2D eigenvalue weighted by Gasteiger charge is -2.29. The predicted octanol–water partition coefficient (Wildman–Crippen LogP) is 6.50. The van der Waals surface area contributed by atoms with Crippen LogP contribution in [0.3, 0.4) is 0 Å². The van der Waals surface area contributed by atoms with E-state index >= 15 is 0 Å². The normalized spacial score (nSPS) is 18.1. The lowest BCUT2D eigenvalue weighted by Crippen LogP contribution is -2.30. The van der Waals surface area contributed by atoms with Crippen LogP contribution in [0.2, 0.25) is 10.0 Å². The third kappa shape index (κ3) is 3.75. The summed E-state index contributed by atoms with van der Waals surface area (Å²) in [5, 5.41) is 4.73. The number of benzene rings is 2. The Morgan fingerprint density at radius 3 is 2.44 bits per heavy atom. The van der Waals surface area contributed by atoms with Crippen LogP contribution in [0.5, 0.6) is 0 Å². The van der Waals surface area contributed by atoms with Gasteiger partial charge in [-0.3, -0.25) is 4.98 Å². The van der Waals surface area contributed by atoms with Crippen LogP contribution in [0.25, 0.3) is 5.69 Å². The molecule has 0 aliphatic carbocycles. The molecule has 2 aromatic heterocycles. The molecule has 1 aliphatic heterocycles. The second-order valence-electron chi connectivity index (χ2n) is 7.37. The quantitative estimate of drug-likeness (QED) is 0.336. The van der Waals surface area contributed by atoms with Crippen LogP contribution >= 0.6 is 35.4 Å². The molecule has 2 atom stereocenters. The molecule has 1 saturated heterocycles. The summed E-state index contributed by atoms with van der Waals surface area (Å²) in [5.74, 6) is -0.456. The van der Waals surface area contributed by atoms with Gasteiger partial charge in [0.05, 0.1) is 16.8 Å². The first-order valence-electron chi connectivity index (χ1n) is 9.92. The summed E-state index contributed by atoms with van der Waals surface area (Å²) >= 11 is 18.0. The zero-order valence-corrected chi connectivity index (χ0v) is 18.9. The van der Waals surface area contributed by atoms with Crippen molar-refractivity contribution in [3.8, 4) is 5.69 Å². The zero-order valence-electron chi connectivity index (χ0n) is 16.6. The Morgan fingerprint density at radius 2 is 1.72 bits per heavy atom. The van der Waals surface area contributed by atoms with Crippen molar-refractivity contribution in [2.24, 2.45) is 0 Å². The Bertz CT molecular complexity index is 1280. The smallest absolute Gasteiger partial charge is 0.174 e. The van der Waals surface area contributed by atoms with Gasteiger partial charge in [-0.1, -0.05) is 29.3 Å². The van der Waals surface area contributed by atoms with E-state index in [1.54, 1.807) is 18.3 Å². The standard InChI is InChI=1S/C24H17Cl2FN4S/c25-15-6-8-16(9-7-15)31-23(22(29-24(31)32)20-4-1-2-12-28-20)21-5-3-13-30(21)17-10-11-19(27)18(26)14-17/h1-14,22-23H,(H,29,32)/t22-,23+/m1/s1. The van der Waals surface area contributed by atoms with Crippen LogP contribution in [0.4, 0.5) is 10.1 Å². The highest BCUT2D eigenvalue weighted by Gasteiger charge is 2.42. The van der Waals surface area contributed by atoms with Crippen molar-refractivity contribution in [1.29, 1.82) is 0 Å². The number of pyridine rings is 1. The topological polar surface area (TPSA) is 33.1 Å². The van der Waals surface area contributed by atoms with Crippen molar-refractivity contribution in [3.63, 3.8) is 0 Å². The number of anilines is 1. The minimum absolute atomic E-state index is 0.0676. The molecule has 3 heterocycles. The van der Waals surface area contributed by atoms with Crippen LogP contribution in [0, 0.1) is 5.82 Å². The number of nitrogens with zero attached hydrogens (tertiary/aromatic N) is 3. The molecular formula is C24H17Cl2FN4S. The number of nitrogens with one attached hydrogen (secondary N) is 1. The molecule has 0 bridgehead atoms. The van der Waals surface area contributed by atoms with Crippen LogP contribution in [0.1, 0.15) is 23.5 Å². The average Bonchev–Trinajstić information content (AvgIpc) is 3.41. The van der Waals surface area contributed by atoms with Crippen molar-refractivity contribution in [2.75, 3.05) is 4.90 Å². The summed E-state index contributed by atoms with van der Waals surface area (Å²) in [6.45, 7) is 0. The van der Waals surface area contributed by atoms with Crippen molar-refractivity contribution in [1.82, 2.24) is 14.9 Å². The molecule has 160 valence electrons. The zero-order chi connectivity index (χ0) is 22.2. The molecule has 0 amide bonds. The van der Waals surface area contributed by atoms with Gasteiger partial charge in [-0.05, 0) is 78.9 Å². The van der Waals surface area contributed by atoms with E-state index in [4.69, 9.17) is 35.4 Å². The second kappa shape index (κ2) is 8.54. The van der Waals surface area contributed by atoms with E-state index < -0.39 is 5.82 Å². The van der Waals surface area contributed by atoms with Crippen LogP contribution < -0.4 is 10.2 Å². The fourth-order valence-corrected chi connectivity index (χ4v) is 4.69. The van der Waals surface area contributed by atoms with E-state index in [9.17, 15) is 4.39 Å². The second-order valence-corrected chi connectivity index (χ2v) is 8.60. The highest BCUT2D eigenvalue weighted by Crippen LogP contribution is 2.42. The van der Waals surface area contributed by atoms with E-state index in [0.717, 1.165) is 22.8 Å². The Hall–Kier alpha value is -2.93. The molecule has 4 aromatic rings. The maximum atomic E-state index is 13.8. The van der Waals surface area contributed by atoms with Crippen molar-refractivity contribution < 1.29 is 4.39 Å². The summed E-state index contributed by atoms with van der Waals surface area (Å²) in [7, 11) is 0. The molecule has 0 unspecified atom stereocenters. The van der Waals surface area contributed by atoms with Gasteiger partial charge in [-0.25, -0.2) is 4.39 Å². The lowest BCUT2D eigenvalue weighted by molar-refractivity contribution is 0.549. The number of thiocarbonyl (C=S) groups is 1. The molecule has 2 aromatic carbocycles. The van der Waals surface area contributed by atoms with Crippen molar-refractivity contribution >= 4 is 46.2 Å². The Morgan fingerprint density at radius 1 is 0.938 bits per heavy atom. The molecule has 8 heteroatoms. The van der Waals surface area contributed by atoms with Crippen LogP contribution in [-0.4, -0.2) is 14.7 Å². The molecule has 1 aliphatic rings. The van der Waals surface area contributed by atoms with E-state index in [-0.39, 0.29) is 17.1 Å². The fraction of sp³-hybridized carbons (Fsp3) is 0.0833. The maximum absolute atomic E-state index is 13.8. The first-order valence-corrected chi connectivity index (χ1v) is 11.1. The van der Waals surface area contributed by atoms with E-state index in [2.05, 4.69) is 15.2 Å². The Labute approximate surface area is 200 Å². The van der Waals surface area contributed by atoms with E-state index in [1.165, 1.54) is 6.07 Å². The molecule has 4 nitrogen and oxygen atoms in total. The first kappa shape index (κ1) is 20.9. The van der Waals surface area contributed by atoms with Gasteiger partial charge in [0.2, 0.25) is 0 Å². The number of hydrogen-bond acceptors (Lipinski definition) is 2. The van der Waals surface area contributed by atoms with E-state index in [1.807, 2.05) is 65.4 Å². The SMILES string of the molecule is Fc1ccc(-n2cccc2[C@H]2[C@@H](c3ccccn3)NC(=S)N2c2ccc(Cl)cc2)cc1Cl. The highest BCUT2D eigenvalue weighted by molar-refractivity contribution is 7.80. The molecule has 0 spiro atoms. The fourth-order valence-electron chi connectivity index (χ4n) is 4.04. The number of rotatable bonds is 4. The predicted molar refractivity (Wildman–Crippen MR) is 130 cm³/mol. The molecule has 1 N–H and O–H groups in total. The van der Waals surface area contributed by atoms with Gasteiger partial charge in [0.15, 0.2) is 5.11 Å². The number of halogens is 3. The number of aromatic nitrogens is 2. The average molecular weight is 483 g/mol. The van der Waals surface area contributed by atoms with E-state index in [0.29, 0.717) is 10.1 Å². The van der Waals surface area contributed by atoms with Crippen LogP contribution in [-0.2, 0) is 0 Å². The van der Waals surface area contributed by atoms with Gasteiger partial charge in [0.25, 0.3) is 0 Å². The van der Waals surface area contributed by atoms with Gasteiger partial charge in [-0.2, -0.15) is 0 Å². The van der Waals surface area contributed by atoms with Gasteiger partial charge in [-0.15, -0.1) is 0 Å². The Balaban J connectivity index is 1.67. The monoisotopic (exact) mass is 482 g/mol. The third-order valence-electron chi connectivity index (χ3n) is 5.47. The summed E-state index contributed by atoms with van der Waals surface area (Å²) in [6, 6.07) is 21.6. The molecule has 1 fully saturated rings. The van der Waals surface area contributed by atoms with Crippen molar-refractivity contribution in [3.05, 3.63) is 112 Å². The number of hydrogen-bond donors (Lipinski definition) is 1. The van der Waals surface area contributed by atoms with Gasteiger partial charge >= 0.3 is 0 Å². The first-order chi connectivity index (χ1) is 15.5. The summed E-state index contributed by atoms with van der Waals surface area (Å²) in [4.78, 5) is 6.63. The van der Waals surface area contributed by atoms with Crippen molar-refractivity contribution in [2.45, 2.75) is 12.1 Å². The molecule has 32 heavy (non-hydrogen) atoms. The third-order valence-corrected chi connectivity index (χ3v) is 6.32. The lowest BCUT2D eigenvalue weighted by atomic mass is 10.0. The summed E-state index contributed by atoms with van der Waals surface area (Å²) in [6.07, 6.45) is 3.69. The summed E-state index contributed by atoms with van der Waals surface area (Å²) in [5.41, 5.74) is 3.47. The molecular weight excluding hydrogens is 466 g/mol. The minimum atomic E-state index is -0.456. The van der Waals surface area contributed by atoms with Gasteiger partial charge < -0.3 is 14.8 Å². The Kier molecular flexibility index (Phi) is 5.59. The minimum Gasteiger partial charge on any atom is -0.351 e.